The average molecular weight is 298 g/mol. The molecule has 3 heteroatoms. The third-order valence-corrected chi connectivity index (χ3v) is 4.68. The summed E-state index contributed by atoms with van der Waals surface area (Å²) in [7, 11) is 0. The molecule has 0 amide bonds. The molecule has 1 heterocycles. The van der Waals surface area contributed by atoms with Crippen LogP contribution in [0.4, 0.5) is 0 Å². The maximum absolute atomic E-state index is 9.92. The summed E-state index contributed by atoms with van der Waals surface area (Å²) in [6.07, 6.45) is 10.6. The van der Waals surface area contributed by atoms with Gasteiger partial charge in [0.25, 0.3) is 0 Å². The van der Waals surface area contributed by atoms with Gasteiger partial charge in [-0.3, -0.25) is 0 Å². The highest BCUT2D eigenvalue weighted by Crippen LogP contribution is 2.51. The molecule has 0 spiro atoms. The standard InChI is InChI=1S/C19H22O3/c1-3-5-6-13-7-8-14(12-20)18-17(13)19(4-2)10-9-15(21)11-16(19)22-18/h3-5,7-10,15-16,20-21H,2,6,11-12H2,1H3/b5-3-/t15-,16?,19+/m0/s1. The minimum absolute atomic E-state index is 0.0571. The molecule has 3 atom stereocenters. The molecule has 0 saturated carbocycles. The maximum Gasteiger partial charge on any atom is 0.130 e. The summed E-state index contributed by atoms with van der Waals surface area (Å²) in [6.45, 7) is 5.97. The third-order valence-electron chi connectivity index (χ3n) is 4.68. The molecule has 3 rings (SSSR count). The highest BCUT2D eigenvalue weighted by molar-refractivity contribution is 5.60. The SMILES string of the molecule is C=C[C@@]12C=C[C@H](O)CC1Oc1c(CO)ccc(C/C=C\C)c12. The second kappa shape index (κ2) is 5.75. The van der Waals surface area contributed by atoms with E-state index in [2.05, 4.69) is 18.7 Å². The maximum atomic E-state index is 9.92. The number of rotatable bonds is 4. The number of aliphatic hydroxyl groups is 2. The number of ether oxygens (including phenoxy) is 1. The molecule has 22 heavy (non-hydrogen) atoms. The van der Waals surface area contributed by atoms with Gasteiger partial charge >= 0.3 is 0 Å². The van der Waals surface area contributed by atoms with Gasteiger partial charge in [-0.1, -0.05) is 42.5 Å². The van der Waals surface area contributed by atoms with E-state index >= 15 is 0 Å². The molecule has 0 saturated heterocycles. The van der Waals surface area contributed by atoms with Gasteiger partial charge in [0.2, 0.25) is 0 Å². The molecule has 1 aromatic rings. The number of allylic oxidation sites excluding steroid dienone is 2. The zero-order chi connectivity index (χ0) is 15.7. The second-order valence-corrected chi connectivity index (χ2v) is 5.93. The lowest BCUT2D eigenvalue weighted by Gasteiger charge is -2.33. The minimum atomic E-state index is -0.496. The Morgan fingerprint density at radius 2 is 2.18 bits per heavy atom. The van der Waals surface area contributed by atoms with E-state index in [9.17, 15) is 10.2 Å². The molecule has 3 nitrogen and oxygen atoms in total. The molecule has 1 aliphatic carbocycles. The minimum Gasteiger partial charge on any atom is -0.488 e. The summed E-state index contributed by atoms with van der Waals surface area (Å²) in [6, 6.07) is 3.98. The van der Waals surface area contributed by atoms with Crippen LogP contribution >= 0.6 is 0 Å². The van der Waals surface area contributed by atoms with E-state index in [0.29, 0.717) is 6.42 Å². The van der Waals surface area contributed by atoms with Crippen molar-refractivity contribution in [3.05, 3.63) is 65.8 Å². The topological polar surface area (TPSA) is 49.7 Å². The van der Waals surface area contributed by atoms with Crippen LogP contribution in [0.5, 0.6) is 5.75 Å². The Morgan fingerprint density at radius 1 is 1.41 bits per heavy atom. The number of hydrogen-bond acceptors (Lipinski definition) is 3. The Bertz CT molecular complexity index is 644. The molecule has 2 aliphatic rings. The van der Waals surface area contributed by atoms with Crippen molar-refractivity contribution in [2.45, 2.75) is 44.0 Å². The lowest BCUT2D eigenvalue weighted by molar-refractivity contribution is 0.101. The lowest BCUT2D eigenvalue weighted by Crippen LogP contribution is -2.40. The van der Waals surface area contributed by atoms with E-state index in [-0.39, 0.29) is 12.7 Å². The van der Waals surface area contributed by atoms with Gasteiger partial charge in [0.1, 0.15) is 11.9 Å². The van der Waals surface area contributed by atoms with Crippen LogP contribution in [0, 0.1) is 0 Å². The highest BCUT2D eigenvalue weighted by Gasteiger charge is 2.49. The predicted molar refractivity (Wildman–Crippen MR) is 86.9 cm³/mol. The van der Waals surface area contributed by atoms with E-state index in [4.69, 9.17) is 4.74 Å². The summed E-state index contributed by atoms with van der Waals surface area (Å²) in [5.41, 5.74) is 2.63. The summed E-state index contributed by atoms with van der Waals surface area (Å²) in [5.74, 6) is 0.758. The van der Waals surface area contributed by atoms with E-state index in [1.165, 1.54) is 5.56 Å². The van der Waals surface area contributed by atoms with Crippen LogP contribution in [0.15, 0.2) is 49.1 Å². The van der Waals surface area contributed by atoms with Crippen LogP contribution < -0.4 is 4.74 Å². The Balaban J connectivity index is 2.21. The van der Waals surface area contributed by atoms with Crippen LogP contribution in [0.1, 0.15) is 30.0 Å². The van der Waals surface area contributed by atoms with Crippen LogP contribution in [0.3, 0.4) is 0 Å². The Morgan fingerprint density at radius 3 is 2.86 bits per heavy atom. The fraction of sp³-hybridized carbons (Fsp3) is 0.368. The first kappa shape index (κ1) is 15.1. The first-order chi connectivity index (χ1) is 10.7. The van der Waals surface area contributed by atoms with Crippen molar-refractivity contribution in [3.63, 3.8) is 0 Å². The molecule has 1 aliphatic heterocycles. The Labute approximate surface area is 131 Å². The predicted octanol–water partition coefficient (Wildman–Crippen LogP) is 2.80. The van der Waals surface area contributed by atoms with Gasteiger partial charge in [-0.15, -0.1) is 6.58 Å². The van der Waals surface area contributed by atoms with Crippen LogP contribution in [0.2, 0.25) is 0 Å². The molecule has 0 aromatic heterocycles. The van der Waals surface area contributed by atoms with Crippen molar-refractivity contribution in [1.82, 2.24) is 0 Å². The van der Waals surface area contributed by atoms with Crippen molar-refractivity contribution in [2.24, 2.45) is 0 Å². The van der Waals surface area contributed by atoms with Gasteiger partial charge in [0, 0.05) is 17.5 Å². The fourth-order valence-corrected chi connectivity index (χ4v) is 3.52. The second-order valence-electron chi connectivity index (χ2n) is 5.93. The quantitative estimate of drug-likeness (QED) is 0.840. The summed E-state index contributed by atoms with van der Waals surface area (Å²) >= 11 is 0. The summed E-state index contributed by atoms with van der Waals surface area (Å²) in [5, 5.41) is 19.5. The van der Waals surface area contributed by atoms with Crippen molar-refractivity contribution in [1.29, 1.82) is 0 Å². The van der Waals surface area contributed by atoms with Crippen LogP contribution in [0.25, 0.3) is 0 Å². The molecule has 2 N–H and O–H groups in total. The zero-order valence-corrected chi connectivity index (χ0v) is 12.8. The lowest BCUT2D eigenvalue weighted by atomic mass is 9.70. The average Bonchev–Trinajstić information content (AvgIpc) is 2.87. The number of fused-ring (bicyclic) bond motifs is 3. The molecule has 0 radical (unpaired) electrons. The monoisotopic (exact) mass is 298 g/mol. The molecule has 0 bridgehead atoms. The van der Waals surface area contributed by atoms with Crippen molar-refractivity contribution >= 4 is 0 Å². The molecule has 0 fully saturated rings. The largest absolute Gasteiger partial charge is 0.488 e. The number of benzene rings is 1. The van der Waals surface area contributed by atoms with Gasteiger partial charge in [-0.25, -0.2) is 0 Å². The normalized spacial score (nSPS) is 29.2. The van der Waals surface area contributed by atoms with Crippen molar-refractivity contribution in [2.75, 3.05) is 0 Å². The van der Waals surface area contributed by atoms with Gasteiger partial charge in [-0.2, -0.15) is 0 Å². The summed E-state index contributed by atoms with van der Waals surface area (Å²) in [4.78, 5) is 0. The van der Waals surface area contributed by atoms with Crippen molar-refractivity contribution in [3.8, 4) is 5.75 Å². The van der Waals surface area contributed by atoms with Crippen LogP contribution in [-0.4, -0.2) is 22.4 Å². The first-order valence-electron chi connectivity index (χ1n) is 7.71. The van der Waals surface area contributed by atoms with Gasteiger partial charge in [0.05, 0.1) is 18.1 Å². The highest BCUT2D eigenvalue weighted by atomic mass is 16.5. The van der Waals surface area contributed by atoms with Gasteiger partial charge in [0.15, 0.2) is 0 Å². The van der Waals surface area contributed by atoms with E-state index in [1.54, 1.807) is 0 Å². The van der Waals surface area contributed by atoms with Gasteiger partial charge in [-0.05, 0) is 18.9 Å². The van der Waals surface area contributed by atoms with Crippen LogP contribution in [-0.2, 0) is 18.4 Å². The van der Waals surface area contributed by atoms with E-state index in [0.717, 1.165) is 23.3 Å². The third kappa shape index (κ3) is 2.13. The van der Waals surface area contributed by atoms with E-state index < -0.39 is 11.5 Å². The number of aliphatic hydroxyl groups excluding tert-OH is 2. The molecular weight excluding hydrogens is 276 g/mol. The molecular formula is C19H22O3. The summed E-state index contributed by atoms with van der Waals surface area (Å²) < 4.78 is 6.15. The fourth-order valence-electron chi connectivity index (χ4n) is 3.52. The molecule has 1 unspecified atom stereocenters. The smallest absolute Gasteiger partial charge is 0.130 e. The molecule has 116 valence electrons. The number of hydrogen-bond donors (Lipinski definition) is 2. The first-order valence-corrected chi connectivity index (χ1v) is 7.71. The van der Waals surface area contributed by atoms with Crippen molar-refractivity contribution < 1.29 is 14.9 Å². The molecule has 1 aromatic carbocycles. The zero-order valence-electron chi connectivity index (χ0n) is 12.8. The Kier molecular flexibility index (Phi) is 3.94. The Hall–Kier alpha value is -1.84. The van der Waals surface area contributed by atoms with E-state index in [1.807, 2.05) is 37.3 Å². The van der Waals surface area contributed by atoms with Gasteiger partial charge < -0.3 is 14.9 Å².